The lowest BCUT2D eigenvalue weighted by Crippen LogP contribution is -2.58. The summed E-state index contributed by atoms with van der Waals surface area (Å²) >= 11 is 0. The third-order valence-electron chi connectivity index (χ3n) is 11.7. The van der Waals surface area contributed by atoms with Gasteiger partial charge < -0.3 is 19.4 Å². The smallest absolute Gasteiger partial charge is 0.247 e. The fraction of sp³-hybridized carbons (Fsp3) is 0.0588. The molecular formula is C51H38BN3O. The summed E-state index contributed by atoms with van der Waals surface area (Å²) in [5.74, 6) is 1.70. The van der Waals surface area contributed by atoms with Crippen molar-refractivity contribution < 1.29 is 4.74 Å². The second kappa shape index (κ2) is 12.8. The summed E-state index contributed by atoms with van der Waals surface area (Å²) in [5.41, 5.74) is 19.6. The maximum atomic E-state index is 6.30. The molecule has 0 radical (unpaired) electrons. The van der Waals surface area contributed by atoms with Crippen molar-refractivity contribution in [1.82, 2.24) is 0 Å². The molecule has 0 saturated heterocycles. The molecular weight excluding hydrogens is 681 g/mol. The van der Waals surface area contributed by atoms with Crippen LogP contribution in [0.4, 0.5) is 51.2 Å². The van der Waals surface area contributed by atoms with Gasteiger partial charge in [0.15, 0.2) is 11.5 Å². The molecule has 11 rings (SSSR count). The third kappa shape index (κ3) is 5.01. The predicted octanol–water partition coefficient (Wildman–Crippen LogP) is 11.6. The van der Waals surface area contributed by atoms with Crippen LogP contribution in [-0.4, -0.2) is 6.71 Å². The van der Waals surface area contributed by atoms with Crippen LogP contribution in [0.1, 0.15) is 22.3 Å². The molecule has 3 heterocycles. The van der Waals surface area contributed by atoms with Crippen LogP contribution >= 0.6 is 0 Å². The van der Waals surface area contributed by atoms with Gasteiger partial charge in [-0.05, 0) is 121 Å². The Balaban J connectivity index is 1.01. The molecule has 0 fully saturated rings. The predicted molar refractivity (Wildman–Crippen MR) is 234 cm³/mol. The summed E-state index contributed by atoms with van der Waals surface area (Å²) < 4.78 is 6.30. The zero-order valence-electron chi connectivity index (χ0n) is 31.4. The van der Waals surface area contributed by atoms with E-state index in [1.165, 1.54) is 67.1 Å². The molecule has 0 unspecified atom stereocenters. The summed E-state index contributed by atoms with van der Waals surface area (Å²) in [6.45, 7) is 4.67. The van der Waals surface area contributed by atoms with E-state index < -0.39 is 0 Å². The first kappa shape index (κ1) is 32.5. The number of fused-ring (bicyclic) bond motifs is 6. The second-order valence-electron chi connectivity index (χ2n) is 15.0. The molecule has 4 nitrogen and oxygen atoms in total. The quantitative estimate of drug-likeness (QED) is 0.169. The van der Waals surface area contributed by atoms with Crippen LogP contribution in [0, 0.1) is 13.8 Å². The fourth-order valence-corrected chi connectivity index (χ4v) is 9.40. The molecule has 8 aromatic carbocycles. The van der Waals surface area contributed by atoms with Crippen molar-refractivity contribution in [3.05, 3.63) is 204 Å². The topological polar surface area (TPSA) is 19.0 Å². The molecule has 8 aromatic rings. The van der Waals surface area contributed by atoms with E-state index in [9.17, 15) is 0 Å². The maximum absolute atomic E-state index is 6.30. The molecule has 0 aromatic heterocycles. The van der Waals surface area contributed by atoms with E-state index in [4.69, 9.17) is 4.74 Å². The number of benzene rings is 8. The summed E-state index contributed by atoms with van der Waals surface area (Å²) in [6, 6.07) is 65.9. The average molecular weight is 720 g/mol. The first-order valence-corrected chi connectivity index (χ1v) is 19.4. The molecule has 0 atom stereocenters. The molecule has 5 heteroatoms. The Labute approximate surface area is 328 Å². The largest absolute Gasteiger partial charge is 0.453 e. The molecule has 0 bridgehead atoms. The normalized spacial score (nSPS) is 13.5. The van der Waals surface area contributed by atoms with E-state index in [1.807, 2.05) is 24.3 Å². The van der Waals surface area contributed by atoms with Gasteiger partial charge in [0, 0.05) is 46.2 Å². The van der Waals surface area contributed by atoms with Gasteiger partial charge in [0.25, 0.3) is 0 Å². The molecule has 0 N–H and O–H groups in total. The average Bonchev–Trinajstić information content (AvgIpc) is 3.24. The number of rotatable bonds is 4. The van der Waals surface area contributed by atoms with Crippen LogP contribution in [0.15, 0.2) is 182 Å². The van der Waals surface area contributed by atoms with E-state index in [0.717, 1.165) is 40.7 Å². The monoisotopic (exact) mass is 719 g/mol. The standard InChI is InChI=1S/C51H38BN3O/c1-34-31-40(55-43-19-7-3-15-36(43)33-37-16-4-8-20-44(37)55)32-35(2)51(34)52-41-17-5-9-21-45(41)53(46-22-10-6-18-42(46)52)38-27-29-39(30-28-38)54-47-23-11-13-25-49(47)56-50-26-14-12-24-48(50)54/h3-32H,33H2,1-2H3. The van der Waals surface area contributed by atoms with E-state index >= 15 is 0 Å². The van der Waals surface area contributed by atoms with E-state index in [-0.39, 0.29) is 6.71 Å². The van der Waals surface area contributed by atoms with Gasteiger partial charge in [0.05, 0.1) is 11.4 Å². The third-order valence-corrected chi connectivity index (χ3v) is 11.7. The van der Waals surface area contributed by atoms with Crippen molar-refractivity contribution in [2.75, 3.05) is 14.7 Å². The Morgan fingerprint density at radius 3 is 1.27 bits per heavy atom. The number of anilines is 9. The molecule has 266 valence electrons. The van der Waals surface area contributed by atoms with Crippen molar-refractivity contribution in [2.24, 2.45) is 0 Å². The van der Waals surface area contributed by atoms with Crippen LogP contribution in [-0.2, 0) is 6.42 Å². The Hall–Kier alpha value is -6.98. The Bertz CT molecular complexity index is 2670. The van der Waals surface area contributed by atoms with Gasteiger partial charge in [-0.2, -0.15) is 0 Å². The number of nitrogens with zero attached hydrogens (tertiary/aromatic N) is 3. The number of hydrogen-bond donors (Lipinski definition) is 0. The minimum absolute atomic E-state index is 0.0780. The number of ether oxygens (including phenoxy) is 1. The lowest BCUT2D eigenvalue weighted by atomic mass is 9.34. The molecule has 0 aliphatic carbocycles. The van der Waals surface area contributed by atoms with E-state index in [0.29, 0.717) is 0 Å². The van der Waals surface area contributed by atoms with Crippen LogP contribution in [0.5, 0.6) is 11.5 Å². The zero-order chi connectivity index (χ0) is 37.3. The first-order valence-electron chi connectivity index (χ1n) is 19.4. The van der Waals surface area contributed by atoms with Gasteiger partial charge in [0.1, 0.15) is 0 Å². The fourth-order valence-electron chi connectivity index (χ4n) is 9.40. The van der Waals surface area contributed by atoms with Gasteiger partial charge in [-0.3, -0.25) is 0 Å². The highest BCUT2D eigenvalue weighted by Crippen LogP contribution is 2.51. The Kier molecular flexibility index (Phi) is 7.43. The lowest BCUT2D eigenvalue weighted by Gasteiger charge is -2.38. The molecule has 56 heavy (non-hydrogen) atoms. The van der Waals surface area contributed by atoms with Crippen LogP contribution in [0.3, 0.4) is 0 Å². The molecule has 3 aliphatic heterocycles. The van der Waals surface area contributed by atoms with E-state index in [1.54, 1.807) is 0 Å². The minimum atomic E-state index is 0.0780. The van der Waals surface area contributed by atoms with Gasteiger partial charge >= 0.3 is 0 Å². The van der Waals surface area contributed by atoms with Crippen molar-refractivity contribution in [3.63, 3.8) is 0 Å². The van der Waals surface area contributed by atoms with Gasteiger partial charge in [0.2, 0.25) is 6.71 Å². The lowest BCUT2D eigenvalue weighted by molar-refractivity contribution is 0.477. The highest BCUT2D eigenvalue weighted by atomic mass is 16.5. The van der Waals surface area contributed by atoms with Crippen LogP contribution in [0.2, 0.25) is 0 Å². The number of hydrogen-bond acceptors (Lipinski definition) is 4. The van der Waals surface area contributed by atoms with Crippen LogP contribution < -0.4 is 35.8 Å². The summed E-state index contributed by atoms with van der Waals surface area (Å²) in [7, 11) is 0. The summed E-state index contributed by atoms with van der Waals surface area (Å²) in [4.78, 5) is 7.19. The van der Waals surface area contributed by atoms with Crippen molar-refractivity contribution in [3.8, 4) is 11.5 Å². The highest BCUT2D eigenvalue weighted by Gasteiger charge is 2.37. The minimum Gasteiger partial charge on any atom is -0.453 e. The van der Waals surface area contributed by atoms with Gasteiger partial charge in [-0.15, -0.1) is 0 Å². The molecule has 0 saturated carbocycles. The highest BCUT2D eigenvalue weighted by molar-refractivity contribution is 6.98. The van der Waals surface area contributed by atoms with Gasteiger partial charge in [-0.1, -0.05) is 114 Å². The summed E-state index contributed by atoms with van der Waals surface area (Å²) in [6.07, 6.45) is 0.947. The van der Waals surface area contributed by atoms with E-state index in [2.05, 4.69) is 186 Å². The number of aryl methyl sites for hydroxylation is 2. The van der Waals surface area contributed by atoms with Crippen molar-refractivity contribution in [1.29, 1.82) is 0 Å². The Morgan fingerprint density at radius 1 is 0.393 bits per heavy atom. The second-order valence-corrected chi connectivity index (χ2v) is 15.0. The molecule has 0 amide bonds. The molecule has 0 spiro atoms. The summed E-state index contributed by atoms with van der Waals surface area (Å²) in [5, 5.41) is 0. The van der Waals surface area contributed by atoms with Crippen LogP contribution in [0.25, 0.3) is 0 Å². The number of para-hydroxylation sites is 8. The molecule has 3 aliphatic rings. The zero-order valence-corrected chi connectivity index (χ0v) is 31.4. The Morgan fingerprint density at radius 2 is 0.768 bits per heavy atom. The van der Waals surface area contributed by atoms with Gasteiger partial charge in [-0.25, -0.2) is 0 Å². The first-order chi connectivity index (χ1) is 27.6. The maximum Gasteiger partial charge on any atom is 0.247 e. The van der Waals surface area contributed by atoms with Crippen molar-refractivity contribution >= 4 is 74.3 Å². The van der Waals surface area contributed by atoms with Crippen molar-refractivity contribution in [2.45, 2.75) is 20.3 Å². The SMILES string of the molecule is Cc1cc(N2c3ccccc3Cc3ccccc32)cc(C)c1B1c2ccccc2N(c2ccc(N3c4ccccc4Oc4ccccc43)cc2)c2ccccc21.